The zero-order valence-electron chi connectivity index (χ0n) is 9.68. The Balaban J connectivity index is 1.75. The van der Waals surface area contributed by atoms with Gasteiger partial charge in [-0.05, 0) is 31.3 Å². The number of fused-ring (bicyclic) bond motifs is 1. The van der Waals surface area contributed by atoms with E-state index in [1.807, 2.05) is 23.0 Å². The Labute approximate surface area is 109 Å². The van der Waals surface area contributed by atoms with E-state index in [2.05, 4.69) is 16.0 Å². The highest BCUT2D eigenvalue weighted by Crippen LogP contribution is 2.34. The van der Waals surface area contributed by atoms with Gasteiger partial charge in [0, 0.05) is 11.3 Å². The second-order valence-corrected chi connectivity index (χ2v) is 6.60. The van der Waals surface area contributed by atoms with E-state index in [1.54, 1.807) is 11.8 Å². The highest BCUT2D eigenvalue weighted by atomic mass is 32.2. The summed E-state index contributed by atoms with van der Waals surface area (Å²) < 4.78 is 0. The summed E-state index contributed by atoms with van der Waals surface area (Å²) in [6.45, 7) is 0. The Morgan fingerprint density at radius 3 is 3.18 bits per heavy atom. The lowest BCUT2D eigenvalue weighted by molar-refractivity contribution is -0.125. The lowest BCUT2D eigenvalue weighted by atomic mass is 10.0. The van der Waals surface area contributed by atoms with Crippen molar-refractivity contribution in [2.45, 2.75) is 36.6 Å². The molecule has 94 valence electrons. The third-order valence-corrected chi connectivity index (χ3v) is 5.63. The number of carbonyl (C=O) groups is 1. The third-order valence-electron chi connectivity index (χ3n) is 3.46. The minimum Gasteiger partial charge on any atom is -0.272 e. The van der Waals surface area contributed by atoms with Crippen LogP contribution in [-0.4, -0.2) is 45.4 Å². The van der Waals surface area contributed by atoms with Gasteiger partial charge in [0.25, 0.3) is 5.91 Å². The number of nitrogens with zero attached hydrogens (tertiary/aromatic N) is 2. The van der Waals surface area contributed by atoms with E-state index < -0.39 is 0 Å². The quantitative estimate of drug-likeness (QED) is 0.732. The standard InChI is InChI=1S/C10H16N4OS2/c1-16-10-12-11-9(15)7-5-6(13-14(7)10)8-3-2-4-17-8/h6-8,13H,2-5H2,1H3,(H,11,15). The monoisotopic (exact) mass is 272 g/mol. The molecule has 0 aromatic rings. The maximum atomic E-state index is 11.8. The van der Waals surface area contributed by atoms with Crippen molar-refractivity contribution in [2.24, 2.45) is 5.10 Å². The summed E-state index contributed by atoms with van der Waals surface area (Å²) >= 11 is 3.59. The van der Waals surface area contributed by atoms with Crippen LogP contribution in [0.1, 0.15) is 19.3 Å². The molecule has 3 rings (SSSR count). The molecule has 3 aliphatic rings. The van der Waals surface area contributed by atoms with Gasteiger partial charge in [0.1, 0.15) is 6.04 Å². The van der Waals surface area contributed by atoms with Crippen LogP contribution in [0.4, 0.5) is 0 Å². The van der Waals surface area contributed by atoms with E-state index in [0.29, 0.717) is 11.3 Å². The van der Waals surface area contributed by atoms with E-state index in [-0.39, 0.29) is 11.9 Å². The van der Waals surface area contributed by atoms with Gasteiger partial charge in [0.2, 0.25) is 0 Å². The molecule has 0 bridgehead atoms. The Morgan fingerprint density at radius 2 is 2.47 bits per heavy atom. The van der Waals surface area contributed by atoms with Gasteiger partial charge in [-0.15, -0.1) is 5.10 Å². The summed E-state index contributed by atoms with van der Waals surface area (Å²) in [4.78, 5) is 11.8. The fraction of sp³-hybridized carbons (Fsp3) is 0.800. The summed E-state index contributed by atoms with van der Waals surface area (Å²) in [6, 6.07) is 0.329. The first kappa shape index (κ1) is 11.7. The first-order valence-corrected chi connectivity index (χ1v) is 8.15. The van der Waals surface area contributed by atoms with Crippen LogP contribution < -0.4 is 10.9 Å². The molecule has 0 aromatic carbocycles. The van der Waals surface area contributed by atoms with Gasteiger partial charge in [-0.25, -0.2) is 10.9 Å². The lowest BCUT2D eigenvalue weighted by Gasteiger charge is -2.28. The maximum Gasteiger partial charge on any atom is 0.264 e. The molecular weight excluding hydrogens is 256 g/mol. The predicted molar refractivity (Wildman–Crippen MR) is 71.7 cm³/mol. The van der Waals surface area contributed by atoms with Crippen molar-refractivity contribution >= 4 is 34.6 Å². The number of hydrogen-bond acceptors (Lipinski definition) is 6. The van der Waals surface area contributed by atoms with E-state index in [1.165, 1.54) is 18.6 Å². The largest absolute Gasteiger partial charge is 0.272 e. The number of thioether (sulfide) groups is 2. The van der Waals surface area contributed by atoms with Crippen molar-refractivity contribution in [1.82, 2.24) is 15.9 Å². The first-order valence-electron chi connectivity index (χ1n) is 5.88. The van der Waals surface area contributed by atoms with Crippen molar-refractivity contribution < 1.29 is 4.79 Å². The number of amidine groups is 1. The Bertz CT molecular complexity index is 356. The van der Waals surface area contributed by atoms with E-state index in [0.717, 1.165) is 11.6 Å². The smallest absolute Gasteiger partial charge is 0.264 e. The van der Waals surface area contributed by atoms with E-state index in [4.69, 9.17) is 0 Å². The summed E-state index contributed by atoms with van der Waals surface area (Å²) in [6.07, 6.45) is 5.43. The average Bonchev–Trinajstić information content (AvgIpc) is 2.98. The normalized spacial score (nSPS) is 36.8. The molecule has 3 unspecified atom stereocenters. The first-order chi connectivity index (χ1) is 8.29. The SMILES string of the molecule is CSC1=NNC(=O)C2CC(C3CCCS3)NN12. The van der Waals surface area contributed by atoms with Crippen molar-refractivity contribution in [2.75, 3.05) is 12.0 Å². The lowest BCUT2D eigenvalue weighted by Crippen LogP contribution is -2.53. The van der Waals surface area contributed by atoms with Gasteiger partial charge in [-0.1, -0.05) is 11.8 Å². The third kappa shape index (κ3) is 2.04. The zero-order chi connectivity index (χ0) is 11.8. The van der Waals surface area contributed by atoms with Crippen molar-refractivity contribution in [1.29, 1.82) is 0 Å². The van der Waals surface area contributed by atoms with Crippen molar-refractivity contribution in [3.8, 4) is 0 Å². The Morgan fingerprint density at radius 1 is 1.59 bits per heavy atom. The van der Waals surface area contributed by atoms with Crippen molar-refractivity contribution in [3.05, 3.63) is 0 Å². The molecule has 2 N–H and O–H groups in total. The molecule has 0 saturated carbocycles. The number of carbonyl (C=O) groups excluding carboxylic acids is 1. The summed E-state index contributed by atoms with van der Waals surface area (Å²) in [5.41, 5.74) is 6.07. The van der Waals surface area contributed by atoms with Crippen LogP contribution in [0.15, 0.2) is 5.10 Å². The van der Waals surface area contributed by atoms with E-state index >= 15 is 0 Å². The van der Waals surface area contributed by atoms with Gasteiger partial charge in [0.15, 0.2) is 5.17 Å². The number of hydrogen-bond donors (Lipinski definition) is 2. The molecule has 0 aromatic heterocycles. The molecule has 0 spiro atoms. The molecule has 0 aliphatic carbocycles. The van der Waals surface area contributed by atoms with Gasteiger partial charge in [-0.3, -0.25) is 9.80 Å². The number of hydrazone groups is 1. The summed E-state index contributed by atoms with van der Waals surface area (Å²) in [5, 5.41) is 7.53. The van der Waals surface area contributed by atoms with Crippen LogP contribution in [0.3, 0.4) is 0 Å². The number of hydrazine groups is 1. The highest BCUT2D eigenvalue weighted by molar-refractivity contribution is 8.13. The Kier molecular flexibility index (Phi) is 3.23. The molecule has 2 fully saturated rings. The zero-order valence-corrected chi connectivity index (χ0v) is 11.3. The maximum absolute atomic E-state index is 11.8. The minimum absolute atomic E-state index is 0.0146. The van der Waals surface area contributed by atoms with Gasteiger partial charge in [0.05, 0.1) is 0 Å². The highest BCUT2D eigenvalue weighted by Gasteiger charge is 2.44. The van der Waals surface area contributed by atoms with Crippen LogP contribution in [-0.2, 0) is 4.79 Å². The molecule has 3 atom stereocenters. The molecule has 0 radical (unpaired) electrons. The molecule has 17 heavy (non-hydrogen) atoms. The van der Waals surface area contributed by atoms with Gasteiger partial charge < -0.3 is 0 Å². The average molecular weight is 272 g/mol. The molecule has 2 saturated heterocycles. The van der Waals surface area contributed by atoms with Crippen LogP contribution in [0.25, 0.3) is 0 Å². The predicted octanol–water partition coefficient (Wildman–Crippen LogP) is 0.593. The number of amides is 1. The fourth-order valence-corrected chi connectivity index (χ4v) is 4.50. The molecule has 7 heteroatoms. The van der Waals surface area contributed by atoms with Crippen LogP contribution in [0.5, 0.6) is 0 Å². The van der Waals surface area contributed by atoms with Crippen LogP contribution >= 0.6 is 23.5 Å². The van der Waals surface area contributed by atoms with Crippen LogP contribution in [0, 0.1) is 0 Å². The Hall–Kier alpha value is -0.400. The molecule has 1 amide bonds. The second-order valence-electron chi connectivity index (χ2n) is 4.48. The topological polar surface area (TPSA) is 56.7 Å². The molecular formula is C10H16N4OS2. The fourth-order valence-electron chi connectivity index (χ4n) is 2.61. The number of rotatable bonds is 1. The molecule has 5 nitrogen and oxygen atoms in total. The molecule has 3 heterocycles. The van der Waals surface area contributed by atoms with Gasteiger partial charge in [-0.2, -0.15) is 11.8 Å². The molecule has 3 aliphatic heterocycles. The van der Waals surface area contributed by atoms with Crippen molar-refractivity contribution in [3.63, 3.8) is 0 Å². The summed E-state index contributed by atoms with van der Waals surface area (Å²) in [7, 11) is 0. The number of nitrogens with one attached hydrogen (secondary N) is 2. The van der Waals surface area contributed by atoms with Crippen LogP contribution in [0.2, 0.25) is 0 Å². The van der Waals surface area contributed by atoms with E-state index in [9.17, 15) is 4.79 Å². The summed E-state index contributed by atoms with van der Waals surface area (Å²) in [5.74, 6) is 1.27. The van der Waals surface area contributed by atoms with Gasteiger partial charge >= 0.3 is 0 Å². The minimum atomic E-state index is -0.0823. The second kappa shape index (κ2) is 4.70.